The van der Waals surface area contributed by atoms with E-state index in [2.05, 4.69) is 33.4 Å². The van der Waals surface area contributed by atoms with Gasteiger partial charge >= 0.3 is 0 Å². The number of unbranched alkanes of at least 4 members (excludes halogenated alkanes) is 26. The zero-order valence-corrected chi connectivity index (χ0v) is 36.6. The van der Waals surface area contributed by atoms with Crippen molar-refractivity contribution in [2.75, 3.05) is 65.4 Å². The Labute approximate surface area is 331 Å². The Bertz CT molecular complexity index is 720. The molecule has 2 aliphatic rings. The van der Waals surface area contributed by atoms with E-state index in [4.69, 9.17) is 24.4 Å². The lowest BCUT2D eigenvalue weighted by molar-refractivity contribution is 0.182. The molecule has 0 unspecified atom stereocenters. The largest absolute Gasteiger partial charge is 0.354 e. The zero-order valence-electron chi connectivity index (χ0n) is 33.3. The molecule has 8 heteroatoms. The van der Waals surface area contributed by atoms with E-state index in [0.717, 1.165) is 61.0 Å². The summed E-state index contributed by atoms with van der Waals surface area (Å²) in [6, 6.07) is 0. The Balaban J connectivity index is 1.35. The summed E-state index contributed by atoms with van der Waals surface area (Å²) in [7, 11) is 3.43. The van der Waals surface area contributed by atoms with Crippen molar-refractivity contribution in [3.8, 4) is 0 Å². The molecule has 0 spiro atoms. The second-order valence-corrected chi connectivity index (χ2v) is 18.9. The number of rotatable bonds is 30. The molecule has 0 bridgehead atoms. The number of nitrogens with zero attached hydrogens (tertiary/aromatic N) is 4. The molecular weight excluding hydrogens is 689 g/mol. The Hall–Kier alpha value is 0.400. The summed E-state index contributed by atoms with van der Waals surface area (Å²) >= 11 is 11.7. The van der Waals surface area contributed by atoms with Gasteiger partial charge in [0.05, 0.1) is 0 Å². The summed E-state index contributed by atoms with van der Waals surface area (Å²) in [5.74, 6) is 0. The summed E-state index contributed by atoms with van der Waals surface area (Å²) < 4.78 is 2.04. The maximum absolute atomic E-state index is 5.84. The van der Waals surface area contributed by atoms with Crippen LogP contribution in [0.4, 0.5) is 0 Å². The fourth-order valence-electron chi connectivity index (χ4n) is 7.54. The molecule has 294 valence electrons. The summed E-state index contributed by atoms with van der Waals surface area (Å²) in [5, 5.41) is 0. The maximum Gasteiger partial charge on any atom is 0.147 e. The average molecular weight is 771 g/mol. The minimum atomic E-state index is 1.02. The van der Waals surface area contributed by atoms with Crippen molar-refractivity contribution >= 4 is 54.7 Å². The number of piperazine rings is 2. The van der Waals surface area contributed by atoms with Gasteiger partial charge in [0.15, 0.2) is 0 Å². The van der Waals surface area contributed by atoms with Crippen LogP contribution in [0.5, 0.6) is 0 Å². The molecule has 0 aliphatic carbocycles. The lowest BCUT2D eigenvalue weighted by Crippen LogP contribution is -2.48. The van der Waals surface area contributed by atoms with E-state index in [1.165, 1.54) is 193 Å². The molecule has 0 radical (unpaired) electrons. The SMILES string of the molecule is CCCCCCCCCCCCCCCCN1CCN(C(=S)SSC(=S)N2CCN(CCCCCCCCCCCCCCCC)CC2)CC1. The average Bonchev–Trinajstić information content (AvgIpc) is 3.14. The van der Waals surface area contributed by atoms with E-state index in [1.807, 2.05) is 0 Å². The molecule has 4 nitrogen and oxygen atoms in total. The van der Waals surface area contributed by atoms with Gasteiger partial charge in [-0.3, -0.25) is 9.80 Å². The molecule has 2 rings (SSSR count). The smallest absolute Gasteiger partial charge is 0.147 e. The summed E-state index contributed by atoms with van der Waals surface area (Å²) in [5.41, 5.74) is 0. The fourth-order valence-corrected chi connectivity index (χ4v) is 10.3. The summed E-state index contributed by atoms with van der Waals surface area (Å²) in [6.45, 7) is 16.0. The third kappa shape index (κ3) is 25.4. The molecule has 0 amide bonds. The molecule has 0 N–H and O–H groups in total. The van der Waals surface area contributed by atoms with Gasteiger partial charge in [0.2, 0.25) is 0 Å². The highest BCUT2D eigenvalue weighted by Gasteiger charge is 2.22. The number of hydrogen-bond donors (Lipinski definition) is 0. The quantitative estimate of drug-likeness (QED) is 0.0402. The topological polar surface area (TPSA) is 13.0 Å². The van der Waals surface area contributed by atoms with Crippen LogP contribution in [0.2, 0.25) is 0 Å². The number of hydrogen-bond acceptors (Lipinski definition) is 6. The first kappa shape index (κ1) is 46.6. The van der Waals surface area contributed by atoms with E-state index in [1.54, 1.807) is 21.6 Å². The standard InChI is InChI=1S/C42H82N4S4/c1-3-5-7-9-11-13-15-17-19-21-23-25-27-29-31-43-33-37-45(38-34-43)41(47)49-50-42(48)46-39-35-44(36-40-46)32-30-28-26-24-22-20-18-16-14-12-10-8-6-4-2/h3-40H2,1-2H3. The van der Waals surface area contributed by atoms with Crippen LogP contribution in [-0.4, -0.2) is 93.7 Å². The minimum absolute atomic E-state index is 1.02. The van der Waals surface area contributed by atoms with Gasteiger partial charge < -0.3 is 9.80 Å². The minimum Gasteiger partial charge on any atom is -0.354 e. The van der Waals surface area contributed by atoms with Crippen molar-refractivity contribution < 1.29 is 0 Å². The highest BCUT2D eigenvalue weighted by molar-refractivity contribution is 8.89. The van der Waals surface area contributed by atoms with Crippen LogP contribution < -0.4 is 0 Å². The van der Waals surface area contributed by atoms with Gasteiger partial charge in [-0.15, -0.1) is 0 Å². The highest BCUT2D eigenvalue weighted by Crippen LogP contribution is 2.29. The second kappa shape index (κ2) is 33.9. The van der Waals surface area contributed by atoms with Crippen molar-refractivity contribution in [1.82, 2.24) is 19.6 Å². The Kier molecular flexibility index (Phi) is 31.6. The Morgan fingerprint density at radius 1 is 0.340 bits per heavy atom. The van der Waals surface area contributed by atoms with Gasteiger partial charge in [-0.25, -0.2) is 0 Å². The number of thiocarbonyl (C=S) groups is 2. The van der Waals surface area contributed by atoms with Gasteiger partial charge in [-0.1, -0.05) is 205 Å². The van der Waals surface area contributed by atoms with Gasteiger partial charge in [0.25, 0.3) is 0 Å². The van der Waals surface area contributed by atoms with Crippen LogP contribution in [0, 0.1) is 0 Å². The maximum atomic E-state index is 5.84. The Morgan fingerprint density at radius 3 is 0.800 bits per heavy atom. The van der Waals surface area contributed by atoms with Crippen molar-refractivity contribution in [1.29, 1.82) is 0 Å². The predicted octanol–water partition coefficient (Wildman–Crippen LogP) is 13.1. The van der Waals surface area contributed by atoms with Crippen LogP contribution in [0.3, 0.4) is 0 Å². The lowest BCUT2D eigenvalue weighted by atomic mass is 10.0. The van der Waals surface area contributed by atoms with E-state index in [-0.39, 0.29) is 0 Å². The van der Waals surface area contributed by atoms with Crippen molar-refractivity contribution in [3.63, 3.8) is 0 Å². The van der Waals surface area contributed by atoms with E-state index in [9.17, 15) is 0 Å². The first-order chi connectivity index (χ1) is 24.6. The summed E-state index contributed by atoms with van der Waals surface area (Å²) in [4.78, 5) is 10.1. The lowest BCUT2D eigenvalue weighted by Gasteiger charge is -2.37. The Morgan fingerprint density at radius 2 is 0.560 bits per heavy atom. The fraction of sp³-hybridized carbons (Fsp3) is 0.952. The molecule has 0 atom stereocenters. The first-order valence-corrected chi connectivity index (χ1v) is 25.0. The predicted molar refractivity (Wildman–Crippen MR) is 237 cm³/mol. The molecule has 50 heavy (non-hydrogen) atoms. The first-order valence-electron chi connectivity index (χ1n) is 22.0. The zero-order chi connectivity index (χ0) is 35.7. The highest BCUT2D eigenvalue weighted by atomic mass is 33.1. The van der Waals surface area contributed by atoms with Gasteiger partial charge in [-0.2, -0.15) is 0 Å². The molecule has 2 saturated heterocycles. The van der Waals surface area contributed by atoms with Crippen molar-refractivity contribution in [2.24, 2.45) is 0 Å². The van der Waals surface area contributed by atoms with Gasteiger partial charge in [0, 0.05) is 52.4 Å². The molecular formula is C42H82N4S4. The molecule has 2 fully saturated rings. The molecule has 0 aromatic heterocycles. The van der Waals surface area contributed by atoms with Crippen LogP contribution >= 0.6 is 46.0 Å². The summed E-state index contributed by atoms with van der Waals surface area (Å²) in [6.07, 6.45) is 40.1. The third-order valence-electron chi connectivity index (χ3n) is 11.1. The monoisotopic (exact) mass is 771 g/mol. The van der Waals surface area contributed by atoms with Crippen molar-refractivity contribution in [2.45, 2.75) is 194 Å². The normalized spacial score (nSPS) is 16.0. The molecule has 0 aromatic carbocycles. The van der Waals surface area contributed by atoms with Crippen LogP contribution in [0.1, 0.15) is 194 Å². The molecule has 0 saturated carbocycles. The molecule has 0 aromatic rings. The van der Waals surface area contributed by atoms with Gasteiger partial charge in [0.1, 0.15) is 8.64 Å². The van der Waals surface area contributed by atoms with Gasteiger partial charge in [-0.05, 0) is 47.5 Å². The molecule has 2 heterocycles. The van der Waals surface area contributed by atoms with E-state index >= 15 is 0 Å². The van der Waals surface area contributed by atoms with Crippen LogP contribution in [0.25, 0.3) is 0 Å². The second-order valence-electron chi connectivity index (χ2n) is 15.5. The third-order valence-corrected chi connectivity index (χ3v) is 14.8. The van der Waals surface area contributed by atoms with Crippen LogP contribution in [-0.2, 0) is 0 Å². The van der Waals surface area contributed by atoms with Crippen LogP contribution in [0.15, 0.2) is 0 Å². The van der Waals surface area contributed by atoms with E-state index < -0.39 is 0 Å². The van der Waals surface area contributed by atoms with Crippen molar-refractivity contribution in [3.05, 3.63) is 0 Å². The van der Waals surface area contributed by atoms with E-state index in [0.29, 0.717) is 0 Å². The molecule has 2 aliphatic heterocycles.